The molecule has 0 bridgehead atoms. The zero-order valence-electron chi connectivity index (χ0n) is 9.20. The van der Waals surface area contributed by atoms with Crippen LogP contribution in [0.3, 0.4) is 0 Å². The maximum Gasteiger partial charge on any atom is 0.169 e. The molecule has 1 saturated heterocycles. The Labute approximate surface area is 103 Å². The Morgan fingerprint density at radius 1 is 1.62 bits per heavy atom. The number of halogens is 1. The first kappa shape index (κ1) is 12.1. The van der Waals surface area contributed by atoms with E-state index in [0.29, 0.717) is 26.2 Å². The molecule has 2 atom stereocenters. The van der Waals surface area contributed by atoms with Crippen molar-refractivity contribution in [2.75, 3.05) is 19.8 Å². The fourth-order valence-corrected chi connectivity index (χ4v) is 2.06. The summed E-state index contributed by atoms with van der Waals surface area (Å²) in [7, 11) is 0. The SMILES string of the molecule is C[C@@H](NC[C@]1(O)CCOC1)c1ccc(Br)o1. The van der Waals surface area contributed by atoms with E-state index in [2.05, 4.69) is 21.2 Å². The quantitative estimate of drug-likeness (QED) is 0.888. The van der Waals surface area contributed by atoms with Crippen LogP contribution in [0.5, 0.6) is 0 Å². The molecule has 0 aromatic carbocycles. The van der Waals surface area contributed by atoms with Crippen LogP contribution in [0.2, 0.25) is 0 Å². The highest BCUT2D eigenvalue weighted by Gasteiger charge is 2.32. The Morgan fingerprint density at radius 3 is 3.00 bits per heavy atom. The highest BCUT2D eigenvalue weighted by atomic mass is 79.9. The Morgan fingerprint density at radius 2 is 2.44 bits per heavy atom. The molecule has 0 amide bonds. The van der Waals surface area contributed by atoms with Gasteiger partial charge in [0.25, 0.3) is 0 Å². The van der Waals surface area contributed by atoms with E-state index in [4.69, 9.17) is 9.15 Å². The maximum absolute atomic E-state index is 10.1. The molecule has 0 spiro atoms. The van der Waals surface area contributed by atoms with Gasteiger partial charge in [-0.2, -0.15) is 0 Å². The number of aliphatic hydroxyl groups is 1. The molecule has 0 aliphatic carbocycles. The number of rotatable bonds is 4. The fourth-order valence-electron chi connectivity index (χ4n) is 1.74. The van der Waals surface area contributed by atoms with Gasteiger partial charge in [-0.05, 0) is 35.0 Å². The molecular formula is C11H16BrNO3. The molecule has 1 aromatic rings. The summed E-state index contributed by atoms with van der Waals surface area (Å²) in [6.45, 7) is 3.57. The van der Waals surface area contributed by atoms with E-state index < -0.39 is 5.60 Å². The van der Waals surface area contributed by atoms with E-state index in [0.717, 1.165) is 10.4 Å². The third-order valence-electron chi connectivity index (χ3n) is 2.84. The fraction of sp³-hybridized carbons (Fsp3) is 0.636. The van der Waals surface area contributed by atoms with Gasteiger partial charge in [-0.15, -0.1) is 0 Å². The molecular weight excluding hydrogens is 274 g/mol. The summed E-state index contributed by atoms with van der Waals surface area (Å²) >= 11 is 3.26. The molecule has 0 radical (unpaired) electrons. The normalized spacial score (nSPS) is 27.2. The number of ether oxygens (including phenoxy) is 1. The van der Waals surface area contributed by atoms with Crippen molar-refractivity contribution >= 4 is 15.9 Å². The van der Waals surface area contributed by atoms with Crippen molar-refractivity contribution in [1.29, 1.82) is 0 Å². The lowest BCUT2D eigenvalue weighted by molar-refractivity contribution is 0.0247. The van der Waals surface area contributed by atoms with Crippen LogP contribution in [0, 0.1) is 0 Å². The van der Waals surface area contributed by atoms with E-state index >= 15 is 0 Å². The topological polar surface area (TPSA) is 54.6 Å². The minimum atomic E-state index is -0.724. The van der Waals surface area contributed by atoms with Crippen LogP contribution in [0.1, 0.15) is 25.1 Å². The summed E-state index contributed by atoms with van der Waals surface area (Å²) in [4.78, 5) is 0. The smallest absolute Gasteiger partial charge is 0.169 e. The summed E-state index contributed by atoms with van der Waals surface area (Å²) in [5.74, 6) is 0.856. The Balaban J connectivity index is 1.86. The second-order valence-corrected chi connectivity index (χ2v) is 5.05. The van der Waals surface area contributed by atoms with Crippen molar-refractivity contribution in [3.63, 3.8) is 0 Å². The van der Waals surface area contributed by atoms with E-state index in [1.165, 1.54) is 0 Å². The van der Waals surface area contributed by atoms with Crippen molar-refractivity contribution in [2.45, 2.75) is 25.0 Å². The van der Waals surface area contributed by atoms with E-state index in [9.17, 15) is 5.11 Å². The van der Waals surface area contributed by atoms with Gasteiger partial charge in [-0.25, -0.2) is 0 Å². The van der Waals surface area contributed by atoms with Gasteiger partial charge < -0.3 is 19.6 Å². The van der Waals surface area contributed by atoms with Crippen LogP contribution in [-0.2, 0) is 4.74 Å². The standard InChI is InChI=1S/C11H16BrNO3/c1-8(9-2-3-10(12)16-9)13-6-11(14)4-5-15-7-11/h2-3,8,13-14H,4-7H2,1H3/t8-,11-/m1/s1. The second-order valence-electron chi connectivity index (χ2n) is 4.27. The molecule has 0 saturated carbocycles. The summed E-state index contributed by atoms with van der Waals surface area (Å²) in [5.41, 5.74) is -0.724. The molecule has 2 rings (SSSR count). The zero-order chi connectivity index (χ0) is 11.6. The summed E-state index contributed by atoms with van der Waals surface area (Å²) in [6.07, 6.45) is 0.689. The summed E-state index contributed by atoms with van der Waals surface area (Å²) in [6, 6.07) is 3.86. The van der Waals surface area contributed by atoms with Crippen LogP contribution in [0.4, 0.5) is 0 Å². The van der Waals surface area contributed by atoms with E-state index in [1.807, 2.05) is 19.1 Å². The molecule has 1 fully saturated rings. The minimum Gasteiger partial charge on any atom is -0.453 e. The van der Waals surface area contributed by atoms with Crippen molar-refractivity contribution < 1.29 is 14.3 Å². The van der Waals surface area contributed by atoms with Crippen LogP contribution >= 0.6 is 15.9 Å². The number of furan rings is 1. The Hall–Kier alpha value is -0.360. The Bertz CT molecular complexity index is 347. The second kappa shape index (κ2) is 4.87. The van der Waals surface area contributed by atoms with Crippen molar-refractivity contribution in [3.8, 4) is 0 Å². The lowest BCUT2D eigenvalue weighted by Gasteiger charge is -2.22. The number of hydrogen-bond acceptors (Lipinski definition) is 4. The largest absolute Gasteiger partial charge is 0.453 e. The lowest BCUT2D eigenvalue weighted by atomic mass is 10.0. The molecule has 0 unspecified atom stereocenters. The highest BCUT2D eigenvalue weighted by Crippen LogP contribution is 2.22. The predicted molar refractivity (Wildman–Crippen MR) is 63.2 cm³/mol. The van der Waals surface area contributed by atoms with E-state index in [-0.39, 0.29) is 6.04 Å². The first-order chi connectivity index (χ1) is 7.59. The van der Waals surface area contributed by atoms with Gasteiger partial charge in [0.05, 0.1) is 12.6 Å². The van der Waals surface area contributed by atoms with Crippen LogP contribution < -0.4 is 5.32 Å². The first-order valence-corrected chi connectivity index (χ1v) is 6.17. The van der Waals surface area contributed by atoms with Crippen molar-refractivity contribution in [1.82, 2.24) is 5.32 Å². The van der Waals surface area contributed by atoms with Crippen LogP contribution in [0.15, 0.2) is 21.2 Å². The monoisotopic (exact) mass is 289 g/mol. The average molecular weight is 290 g/mol. The van der Waals surface area contributed by atoms with Gasteiger partial charge in [0.2, 0.25) is 0 Å². The lowest BCUT2D eigenvalue weighted by Crippen LogP contribution is -2.41. The maximum atomic E-state index is 10.1. The minimum absolute atomic E-state index is 0.0796. The molecule has 90 valence electrons. The molecule has 1 aliphatic heterocycles. The highest BCUT2D eigenvalue weighted by molar-refractivity contribution is 9.10. The molecule has 16 heavy (non-hydrogen) atoms. The first-order valence-electron chi connectivity index (χ1n) is 5.38. The molecule has 5 heteroatoms. The molecule has 4 nitrogen and oxygen atoms in total. The van der Waals surface area contributed by atoms with Crippen molar-refractivity contribution in [3.05, 3.63) is 22.6 Å². The zero-order valence-corrected chi connectivity index (χ0v) is 10.8. The third kappa shape index (κ3) is 2.85. The van der Waals surface area contributed by atoms with E-state index in [1.54, 1.807) is 0 Å². The van der Waals surface area contributed by atoms with Crippen molar-refractivity contribution in [2.24, 2.45) is 0 Å². The van der Waals surface area contributed by atoms with Gasteiger partial charge in [0, 0.05) is 19.6 Å². The Kier molecular flexibility index (Phi) is 3.69. The van der Waals surface area contributed by atoms with Crippen LogP contribution in [-0.4, -0.2) is 30.5 Å². The van der Waals surface area contributed by atoms with Gasteiger partial charge >= 0.3 is 0 Å². The summed E-state index contributed by atoms with van der Waals surface area (Å²) in [5, 5.41) is 13.3. The number of hydrogen-bond donors (Lipinski definition) is 2. The molecule has 2 N–H and O–H groups in total. The molecule has 2 heterocycles. The molecule has 1 aliphatic rings. The van der Waals surface area contributed by atoms with Gasteiger partial charge in [-0.3, -0.25) is 0 Å². The van der Waals surface area contributed by atoms with Crippen LogP contribution in [0.25, 0.3) is 0 Å². The average Bonchev–Trinajstić information content (AvgIpc) is 2.85. The summed E-state index contributed by atoms with van der Waals surface area (Å²) < 4.78 is 11.3. The predicted octanol–water partition coefficient (Wildman–Crippen LogP) is 1.84. The van der Waals surface area contributed by atoms with Gasteiger partial charge in [0.15, 0.2) is 4.67 Å². The third-order valence-corrected chi connectivity index (χ3v) is 3.27. The number of nitrogens with one attached hydrogen (secondary N) is 1. The molecule has 1 aromatic heterocycles. The van der Waals surface area contributed by atoms with Gasteiger partial charge in [-0.1, -0.05) is 0 Å². The van der Waals surface area contributed by atoms with Gasteiger partial charge in [0.1, 0.15) is 11.4 Å².